The number of carbonyl (C=O) groups is 1. The van der Waals surface area contributed by atoms with Crippen molar-refractivity contribution in [2.45, 2.75) is 27.2 Å². The summed E-state index contributed by atoms with van der Waals surface area (Å²) in [6, 6.07) is 4.37. The Hall–Kier alpha value is -0.960. The third-order valence-corrected chi connectivity index (χ3v) is 2.97. The Morgan fingerprint density at radius 3 is 2.31 bits per heavy atom. The van der Waals surface area contributed by atoms with E-state index in [1.165, 1.54) is 22.3 Å². The fourth-order valence-electron chi connectivity index (χ4n) is 1.99. The Kier molecular flexibility index (Phi) is 4.87. The standard InChI is InChI=1S/C13H19NOS/c1-9-6-10(2)12(11(3)7-9)4-5-14-13(15)8-16/h6-7,16H,4-5,8H2,1-3H3,(H,14,15). The Bertz CT molecular complexity index is 365. The number of benzene rings is 1. The van der Waals surface area contributed by atoms with Gasteiger partial charge in [-0.25, -0.2) is 0 Å². The van der Waals surface area contributed by atoms with Gasteiger partial charge in [-0.2, -0.15) is 12.6 Å². The van der Waals surface area contributed by atoms with E-state index in [-0.39, 0.29) is 11.7 Å². The van der Waals surface area contributed by atoms with Crippen LogP contribution in [0.2, 0.25) is 0 Å². The molecule has 3 heteroatoms. The number of amides is 1. The molecule has 0 aliphatic rings. The summed E-state index contributed by atoms with van der Waals surface area (Å²) in [7, 11) is 0. The summed E-state index contributed by atoms with van der Waals surface area (Å²) in [6.45, 7) is 7.03. The monoisotopic (exact) mass is 237 g/mol. The first-order valence-corrected chi connectivity index (χ1v) is 6.12. The van der Waals surface area contributed by atoms with Crippen LogP contribution in [-0.2, 0) is 11.2 Å². The first-order valence-electron chi connectivity index (χ1n) is 5.49. The molecule has 16 heavy (non-hydrogen) atoms. The highest BCUT2D eigenvalue weighted by Crippen LogP contribution is 2.16. The minimum atomic E-state index is -0.00856. The number of nitrogens with one attached hydrogen (secondary N) is 1. The Balaban J connectivity index is 2.64. The Morgan fingerprint density at radius 2 is 1.81 bits per heavy atom. The molecule has 0 aliphatic carbocycles. The molecule has 1 amide bonds. The van der Waals surface area contributed by atoms with Crippen LogP contribution >= 0.6 is 12.6 Å². The molecule has 0 saturated heterocycles. The summed E-state index contributed by atoms with van der Waals surface area (Å²) < 4.78 is 0. The van der Waals surface area contributed by atoms with Crippen molar-refractivity contribution in [3.05, 3.63) is 34.4 Å². The lowest BCUT2D eigenvalue weighted by atomic mass is 9.97. The van der Waals surface area contributed by atoms with Crippen LogP contribution in [0.4, 0.5) is 0 Å². The predicted molar refractivity (Wildman–Crippen MR) is 71.2 cm³/mol. The molecule has 1 aromatic rings. The number of hydrogen-bond acceptors (Lipinski definition) is 2. The maximum atomic E-state index is 11.0. The van der Waals surface area contributed by atoms with Gasteiger partial charge in [0.15, 0.2) is 0 Å². The number of carbonyl (C=O) groups excluding carboxylic acids is 1. The molecule has 1 rings (SSSR count). The van der Waals surface area contributed by atoms with Crippen LogP contribution in [0, 0.1) is 20.8 Å². The van der Waals surface area contributed by atoms with Crippen LogP contribution < -0.4 is 5.32 Å². The highest BCUT2D eigenvalue weighted by molar-refractivity contribution is 7.81. The van der Waals surface area contributed by atoms with Crippen molar-refractivity contribution in [3.63, 3.8) is 0 Å². The molecular formula is C13H19NOS. The molecule has 2 nitrogen and oxygen atoms in total. The zero-order valence-electron chi connectivity index (χ0n) is 10.1. The molecule has 0 unspecified atom stereocenters. The highest BCUT2D eigenvalue weighted by atomic mass is 32.1. The fourth-order valence-corrected chi connectivity index (χ4v) is 2.10. The number of hydrogen-bond donors (Lipinski definition) is 2. The SMILES string of the molecule is Cc1cc(C)c(CCNC(=O)CS)c(C)c1. The van der Waals surface area contributed by atoms with Gasteiger partial charge in [0.25, 0.3) is 0 Å². The summed E-state index contributed by atoms with van der Waals surface area (Å²) in [4.78, 5) is 11.0. The van der Waals surface area contributed by atoms with Crippen molar-refractivity contribution < 1.29 is 4.79 Å². The maximum Gasteiger partial charge on any atom is 0.229 e. The normalized spacial score (nSPS) is 10.2. The molecule has 0 spiro atoms. The van der Waals surface area contributed by atoms with Gasteiger partial charge < -0.3 is 5.32 Å². The van der Waals surface area contributed by atoms with E-state index >= 15 is 0 Å². The van der Waals surface area contributed by atoms with E-state index in [2.05, 4.69) is 50.8 Å². The molecule has 1 N–H and O–H groups in total. The second-order valence-corrected chi connectivity index (χ2v) is 4.45. The van der Waals surface area contributed by atoms with E-state index in [0.717, 1.165) is 6.42 Å². The molecule has 0 radical (unpaired) electrons. The molecular weight excluding hydrogens is 218 g/mol. The van der Waals surface area contributed by atoms with Gasteiger partial charge in [-0.15, -0.1) is 0 Å². The smallest absolute Gasteiger partial charge is 0.229 e. The van der Waals surface area contributed by atoms with E-state index < -0.39 is 0 Å². The van der Waals surface area contributed by atoms with Crippen LogP contribution in [0.25, 0.3) is 0 Å². The van der Waals surface area contributed by atoms with Crippen molar-refractivity contribution in [2.24, 2.45) is 0 Å². The van der Waals surface area contributed by atoms with E-state index in [4.69, 9.17) is 0 Å². The van der Waals surface area contributed by atoms with Gasteiger partial charge in [-0.1, -0.05) is 17.7 Å². The molecule has 0 aromatic heterocycles. The van der Waals surface area contributed by atoms with E-state index in [1.807, 2.05) is 0 Å². The lowest BCUT2D eigenvalue weighted by Crippen LogP contribution is -2.26. The van der Waals surface area contributed by atoms with Gasteiger partial charge in [0.1, 0.15) is 0 Å². The van der Waals surface area contributed by atoms with Crippen molar-refractivity contribution >= 4 is 18.5 Å². The average molecular weight is 237 g/mol. The molecule has 0 aliphatic heterocycles. The third-order valence-electron chi connectivity index (χ3n) is 2.68. The third kappa shape index (κ3) is 3.56. The minimum Gasteiger partial charge on any atom is -0.355 e. The molecule has 0 fully saturated rings. The summed E-state index contributed by atoms with van der Waals surface area (Å²) in [5, 5.41) is 2.83. The first-order chi connectivity index (χ1) is 7.54. The molecule has 1 aromatic carbocycles. The van der Waals surface area contributed by atoms with Crippen molar-refractivity contribution in [1.29, 1.82) is 0 Å². The van der Waals surface area contributed by atoms with Gasteiger partial charge in [-0.05, 0) is 43.9 Å². The van der Waals surface area contributed by atoms with E-state index in [9.17, 15) is 4.79 Å². The number of thiol groups is 1. The lowest BCUT2D eigenvalue weighted by molar-refractivity contribution is -0.118. The van der Waals surface area contributed by atoms with Gasteiger partial charge in [0, 0.05) is 6.54 Å². The Labute approximate surface area is 103 Å². The fraction of sp³-hybridized carbons (Fsp3) is 0.462. The Morgan fingerprint density at radius 1 is 1.25 bits per heavy atom. The molecule has 0 bridgehead atoms. The topological polar surface area (TPSA) is 29.1 Å². The molecule has 0 heterocycles. The van der Waals surface area contributed by atoms with Gasteiger partial charge >= 0.3 is 0 Å². The minimum absolute atomic E-state index is 0.00856. The van der Waals surface area contributed by atoms with Crippen LogP contribution in [0.1, 0.15) is 22.3 Å². The summed E-state index contributed by atoms with van der Waals surface area (Å²) in [5.74, 6) is 0.247. The van der Waals surface area contributed by atoms with Crippen LogP contribution in [0.3, 0.4) is 0 Å². The van der Waals surface area contributed by atoms with Crippen molar-refractivity contribution in [2.75, 3.05) is 12.3 Å². The first kappa shape index (κ1) is 13.1. The second kappa shape index (κ2) is 5.94. The predicted octanol–water partition coefficient (Wildman–Crippen LogP) is 2.20. The second-order valence-electron chi connectivity index (χ2n) is 4.14. The maximum absolute atomic E-state index is 11.0. The molecule has 88 valence electrons. The largest absolute Gasteiger partial charge is 0.355 e. The lowest BCUT2D eigenvalue weighted by Gasteiger charge is -2.11. The summed E-state index contributed by atoms with van der Waals surface area (Å²) in [6.07, 6.45) is 0.886. The molecule has 0 saturated carbocycles. The van der Waals surface area contributed by atoms with Gasteiger partial charge in [0.2, 0.25) is 5.91 Å². The zero-order valence-corrected chi connectivity index (χ0v) is 11.0. The van der Waals surface area contributed by atoms with Crippen molar-refractivity contribution in [3.8, 4) is 0 Å². The van der Waals surface area contributed by atoms with Crippen LogP contribution in [-0.4, -0.2) is 18.2 Å². The number of rotatable bonds is 4. The molecule has 0 atom stereocenters. The quantitative estimate of drug-likeness (QED) is 0.772. The number of aryl methyl sites for hydroxylation is 3. The van der Waals surface area contributed by atoms with Gasteiger partial charge in [-0.3, -0.25) is 4.79 Å². The zero-order chi connectivity index (χ0) is 12.1. The highest BCUT2D eigenvalue weighted by Gasteiger charge is 2.04. The van der Waals surface area contributed by atoms with E-state index in [1.54, 1.807) is 0 Å². The van der Waals surface area contributed by atoms with Crippen LogP contribution in [0.5, 0.6) is 0 Å². The average Bonchev–Trinajstić information content (AvgIpc) is 2.21. The summed E-state index contributed by atoms with van der Waals surface area (Å²) >= 11 is 3.92. The van der Waals surface area contributed by atoms with Gasteiger partial charge in [0.05, 0.1) is 5.75 Å². The van der Waals surface area contributed by atoms with Crippen LogP contribution in [0.15, 0.2) is 12.1 Å². The van der Waals surface area contributed by atoms with E-state index in [0.29, 0.717) is 6.54 Å². The summed E-state index contributed by atoms with van der Waals surface area (Å²) in [5.41, 5.74) is 5.23. The van der Waals surface area contributed by atoms with Crippen molar-refractivity contribution in [1.82, 2.24) is 5.32 Å².